The van der Waals surface area contributed by atoms with E-state index in [1.165, 1.54) is 51.4 Å². The number of nitrogens with two attached hydrogens (primary N) is 1. The van der Waals surface area contributed by atoms with E-state index in [2.05, 4.69) is 0 Å². The Labute approximate surface area is 123 Å². The maximum Gasteiger partial charge on any atom is 0.0729 e. The van der Waals surface area contributed by atoms with Crippen LogP contribution >= 0.6 is 0 Å². The standard InChI is InChI=1S/C17H31NO2/c18-15-7-3-1-4-8-16(15)20-14-9-12-19-17(13-14)10-5-2-6-11-17/h14-16H,1-13,18H2. The molecule has 0 aromatic heterocycles. The van der Waals surface area contributed by atoms with Crippen LogP contribution in [-0.4, -0.2) is 30.5 Å². The van der Waals surface area contributed by atoms with Gasteiger partial charge >= 0.3 is 0 Å². The topological polar surface area (TPSA) is 44.5 Å². The summed E-state index contributed by atoms with van der Waals surface area (Å²) >= 11 is 0. The zero-order valence-corrected chi connectivity index (χ0v) is 12.8. The van der Waals surface area contributed by atoms with Gasteiger partial charge in [0.1, 0.15) is 0 Å². The zero-order valence-electron chi connectivity index (χ0n) is 12.8. The van der Waals surface area contributed by atoms with E-state index in [0.29, 0.717) is 12.2 Å². The Morgan fingerprint density at radius 3 is 2.50 bits per heavy atom. The third-order valence-corrected chi connectivity index (χ3v) is 5.58. The lowest BCUT2D eigenvalue weighted by atomic mass is 9.79. The highest BCUT2D eigenvalue weighted by Crippen LogP contribution is 2.40. The van der Waals surface area contributed by atoms with Crippen LogP contribution in [-0.2, 0) is 9.47 Å². The average Bonchev–Trinajstić information content (AvgIpc) is 2.65. The predicted octanol–water partition coefficient (Wildman–Crippen LogP) is 3.54. The molecule has 0 amide bonds. The Morgan fingerprint density at radius 2 is 1.65 bits per heavy atom. The van der Waals surface area contributed by atoms with Crippen LogP contribution in [0.15, 0.2) is 0 Å². The maximum absolute atomic E-state index is 6.45. The third kappa shape index (κ3) is 3.55. The fraction of sp³-hybridized carbons (Fsp3) is 1.00. The van der Waals surface area contributed by atoms with Crippen molar-refractivity contribution in [2.24, 2.45) is 5.73 Å². The Hall–Kier alpha value is -0.120. The van der Waals surface area contributed by atoms with Crippen molar-refractivity contribution in [2.75, 3.05) is 6.61 Å². The Bertz CT molecular complexity index is 296. The smallest absolute Gasteiger partial charge is 0.0729 e. The Balaban J connectivity index is 1.56. The number of hydrogen-bond donors (Lipinski definition) is 1. The predicted molar refractivity (Wildman–Crippen MR) is 80.7 cm³/mol. The van der Waals surface area contributed by atoms with Gasteiger partial charge in [0, 0.05) is 19.1 Å². The van der Waals surface area contributed by atoms with Crippen LogP contribution in [0.5, 0.6) is 0 Å². The molecule has 3 nitrogen and oxygen atoms in total. The largest absolute Gasteiger partial charge is 0.375 e. The number of hydrogen-bond acceptors (Lipinski definition) is 3. The van der Waals surface area contributed by atoms with Gasteiger partial charge in [0.15, 0.2) is 0 Å². The van der Waals surface area contributed by atoms with Gasteiger partial charge in [0.2, 0.25) is 0 Å². The lowest BCUT2D eigenvalue weighted by Crippen LogP contribution is -2.47. The van der Waals surface area contributed by atoms with E-state index in [9.17, 15) is 0 Å². The van der Waals surface area contributed by atoms with Crippen molar-refractivity contribution < 1.29 is 9.47 Å². The molecule has 3 unspecified atom stereocenters. The van der Waals surface area contributed by atoms with Crippen molar-refractivity contribution in [1.82, 2.24) is 0 Å². The fourth-order valence-corrected chi connectivity index (χ4v) is 4.36. The molecule has 0 aromatic rings. The molecule has 1 aliphatic heterocycles. The summed E-state index contributed by atoms with van der Waals surface area (Å²) in [6.45, 7) is 0.882. The molecule has 3 rings (SSSR count). The van der Waals surface area contributed by atoms with Crippen molar-refractivity contribution in [3.8, 4) is 0 Å². The molecule has 3 aliphatic rings. The summed E-state index contributed by atoms with van der Waals surface area (Å²) in [7, 11) is 0. The molecule has 2 N–H and O–H groups in total. The highest BCUT2D eigenvalue weighted by Gasteiger charge is 2.40. The van der Waals surface area contributed by atoms with Gasteiger partial charge in [-0.1, -0.05) is 38.5 Å². The van der Waals surface area contributed by atoms with E-state index in [1.54, 1.807) is 0 Å². The monoisotopic (exact) mass is 281 g/mol. The molecule has 1 saturated heterocycles. The van der Waals surface area contributed by atoms with Crippen molar-refractivity contribution in [1.29, 1.82) is 0 Å². The lowest BCUT2D eigenvalue weighted by molar-refractivity contribution is -0.163. The van der Waals surface area contributed by atoms with Crippen LogP contribution in [0.25, 0.3) is 0 Å². The third-order valence-electron chi connectivity index (χ3n) is 5.58. The van der Waals surface area contributed by atoms with Crippen LogP contribution < -0.4 is 5.73 Å². The van der Waals surface area contributed by atoms with Gasteiger partial charge < -0.3 is 15.2 Å². The molecule has 3 heteroatoms. The van der Waals surface area contributed by atoms with E-state index >= 15 is 0 Å². The van der Waals surface area contributed by atoms with Gasteiger partial charge in [-0.3, -0.25) is 0 Å². The Morgan fingerprint density at radius 1 is 0.900 bits per heavy atom. The first kappa shape index (κ1) is 14.8. The summed E-state index contributed by atoms with van der Waals surface area (Å²) in [5, 5.41) is 0. The summed E-state index contributed by atoms with van der Waals surface area (Å²) in [5.74, 6) is 0. The second kappa shape index (κ2) is 6.76. The molecule has 116 valence electrons. The molecule has 1 heterocycles. The van der Waals surface area contributed by atoms with E-state index in [-0.39, 0.29) is 11.6 Å². The molecule has 0 bridgehead atoms. The molecular weight excluding hydrogens is 250 g/mol. The molecule has 3 fully saturated rings. The highest BCUT2D eigenvalue weighted by atomic mass is 16.5. The maximum atomic E-state index is 6.45. The average molecular weight is 281 g/mol. The molecule has 2 saturated carbocycles. The minimum atomic E-state index is 0.149. The van der Waals surface area contributed by atoms with Crippen LogP contribution in [0.4, 0.5) is 0 Å². The Kier molecular flexibility index (Phi) is 5.00. The summed E-state index contributed by atoms with van der Waals surface area (Å²) < 4.78 is 12.6. The molecule has 0 radical (unpaired) electrons. The minimum Gasteiger partial charge on any atom is -0.375 e. The lowest BCUT2D eigenvalue weighted by Gasteiger charge is -2.44. The van der Waals surface area contributed by atoms with Crippen molar-refractivity contribution >= 4 is 0 Å². The molecule has 20 heavy (non-hydrogen) atoms. The van der Waals surface area contributed by atoms with Crippen LogP contribution in [0.2, 0.25) is 0 Å². The van der Waals surface area contributed by atoms with Crippen molar-refractivity contribution in [3.05, 3.63) is 0 Å². The zero-order chi connectivity index (χ0) is 13.8. The first-order valence-corrected chi connectivity index (χ1v) is 8.82. The van der Waals surface area contributed by atoms with Gasteiger partial charge in [0.05, 0.1) is 17.8 Å². The first-order chi connectivity index (χ1) is 9.77. The summed E-state index contributed by atoms with van der Waals surface area (Å²) in [6, 6.07) is 0.252. The van der Waals surface area contributed by atoms with Crippen LogP contribution in [0.1, 0.15) is 77.0 Å². The molecule has 2 aliphatic carbocycles. The first-order valence-electron chi connectivity index (χ1n) is 8.82. The number of ether oxygens (including phenoxy) is 2. The van der Waals surface area contributed by atoms with Crippen molar-refractivity contribution in [2.45, 2.75) is 101 Å². The quantitative estimate of drug-likeness (QED) is 0.787. The fourth-order valence-electron chi connectivity index (χ4n) is 4.36. The molecular formula is C17H31NO2. The number of rotatable bonds is 2. The SMILES string of the molecule is NC1CCCCCC1OC1CCOC2(CCCCC2)C1. The van der Waals surface area contributed by atoms with Crippen LogP contribution in [0, 0.1) is 0 Å². The van der Waals surface area contributed by atoms with Gasteiger partial charge in [-0.15, -0.1) is 0 Å². The van der Waals surface area contributed by atoms with Gasteiger partial charge in [-0.05, 0) is 32.1 Å². The van der Waals surface area contributed by atoms with E-state index in [4.69, 9.17) is 15.2 Å². The minimum absolute atomic E-state index is 0.149. The molecule has 3 atom stereocenters. The highest BCUT2D eigenvalue weighted by molar-refractivity contribution is 4.91. The second-order valence-corrected chi connectivity index (χ2v) is 7.18. The van der Waals surface area contributed by atoms with Crippen molar-refractivity contribution in [3.63, 3.8) is 0 Å². The summed E-state index contributed by atoms with van der Waals surface area (Å²) in [5.41, 5.74) is 6.46. The van der Waals surface area contributed by atoms with Gasteiger partial charge in [-0.25, -0.2) is 0 Å². The second-order valence-electron chi connectivity index (χ2n) is 7.18. The normalized spacial score (nSPS) is 38.5. The van der Waals surface area contributed by atoms with Crippen LogP contribution in [0.3, 0.4) is 0 Å². The molecule has 0 aromatic carbocycles. The molecule has 1 spiro atoms. The van der Waals surface area contributed by atoms with Gasteiger partial charge in [0.25, 0.3) is 0 Å². The van der Waals surface area contributed by atoms with E-state index in [1.807, 2.05) is 0 Å². The van der Waals surface area contributed by atoms with Gasteiger partial charge in [-0.2, -0.15) is 0 Å². The van der Waals surface area contributed by atoms with E-state index < -0.39 is 0 Å². The summed E-state index contributed by atoms with van der Waals surface area (Å²) in [4.78, 5) is 0. The summed E-state index contributed by atoms with van der Waals surface area (Å²) in [6.07, 6.45) is 15.5. The van der Waals surface area contributed by atoms with E-state index in [0.717, 1.165) is 32.3 Å².